The molecule has 1 N–H and O–H groups in total. The lowest BCUT2D eigenvalue weighted by Crippen LogP contribution is -2.30. The highest BCUT2D eigenvalue weighted by Crippen LogP contribution is 2.27. The molecule has 0 bridgehead atoms. The summed E-state index contributed by atoms with van der Waals surface area (Å²) in [7, 11) is 3.18. The Morgan fingerprint density at radius 2 is 1.68 bits per heavy atom. The molecule has 25 heavy (non-hydrogen) atoms. The Labute approximate surface area is 147 Å². The first-order chi connectivity index (χ1) is 12.1. The molecule has 134 valence electrons. The summed E-state index contributed by atoms with van der Waals surface area (Å²) in [5, 5.41) is 2.81. The number of para-hydroxylation sites is 2. The molecule has 6 heteroatoms. The van der Waals surface area contributed by atoms with Gasteiger partial charge in [0.2, 0.25) is 0 Å². The number of carbonyl (C=O) groups is 1. The fraction of sp³-hybridized carbons (Fsp3) is 0.316. The maximum atomic E-state index is 12.3. The molecule has 0 spiro atoms. The van der Waals surface area contributed by atoms with Crippen LogP contribution in [0.3, 0.4) is 0 Å². The first-order valence-corrected chi connectivity index (χ1v) is 7.96. The molecule has 2 aromatic carbocycles. The molecule has 0 heterocycles. The first-order valence-electron chi connectivity index (χ1n) is 7.96. The van der Waals surface area contributed by atoms with E-state index in [4.69, 9.17) is 18.9 Å². The number of ether oxygens (including phenoxy) is 4. The number of rotatable bonds is 9. The van der Waals surface area contributed by atoms with Gasteiger partial charge in [-0.2, -0.15) is 0 Å². The Balaban J connectivity index is 1.90. The van der Waals surface area contributed by atoms with Gasteiger partial charge in [-0.05, 0) is 43.3 Å². The van der Waals surface area contributed by atoms with E-state index >= 15 is 0 Å². The average molecular weight is 345 g/mol. The smallest absolute Gasteiger partial charge is 0.265 e. The van der Waals surface area contributed by atoms with Crippen LogP contribution < -0.4 is 19.5 Å². The standard InChI is InChI=1S/C19H23NO5/c1-14(25-18-7-5-4-6-17(18)23-3)19(21)20-15-8-10-16(11-9-15)24-13-12-22-2/h4-11,14H,12-13H2,1-3H3,(H,20,21). The highest BCUT2D eigenvalue weighted by molar-refractivity contribution is 5.94. The van der Waals surface area contributed by atoms with Crippen molar-refractivity contribution < 1.29 is 23.7 Å². The zero-order valence-corrected chi connectivity index (χ0v) is 14.7. The van der Waals surface area contributed by atoms with E-state index in [-0.39, 0.29) is 5.91 Å². The molecule has 1 atom stereocenters. The van der Waals surface area contributed by atoms with Gasteiger partial charge < -0.3 is 24.3 Å². The third-order valence-corrected chi connectivity index (χ3v) is 3.42. The Bertz CT molecular complexity index is 672. The minimum absolute atomic E-state index is 0.251. The molecule has 0 saturated carbocycles. The van der Waals surface area contributed by atoms with Crippen LogP contribution in [0, 0.1) is 0 Å². The van der Waals surface area contributed by atoms with Crippen LogP contribution in [0.5, 0.6) is 17.2 Å². The molecule has 6 nitrogen and oxygen atoms in total. The molecule has 2 aromatic rings. The molecular formula is C19H23NO5. The van der Waals surface area contributed by atoms with E-state index in [2.05, 4.69) is 5.32 Å². The van der Waals surface area contributed by atoms with E-state index in [1.165, 1.54) is 0 Å². The fourth-order valence-electron chi connectivity index (χ4n) is 2.08. The molecule has 0 aromatic heterocycles. The largest absolute Gasteiger partial charge is 0.493 e. The number of carbonyl (C=O) groups excluding carboxylic acids is 1. The lowest BCUT2D eigenvalue weighted by Gasteiger charge is -2.16. The van der Waals surface area contributed by atoms with Crippen molar-refractivity contribution in [3.8, 4) is 17.2 Å². The predicted octanol–water partition coefficient (Wildman–Crippen LogP) is 3.13. The minimum atomic E-state index is -0.672. The average Bonchev–Trinajstić information content (AvgIpc) is 2.63. The van der Waals surface area contributed by atoms with Crippen molar-refractivity contribution in [3.05, 3.63) is 48.5 Å². The number of nitrogens with one attached hydrogen (secondary N) is 1. The van der Waals surface area contributed by atoms with Crippen molar-refractivity contribution in [2.45, 2.75) is 13.0 Å². The van der Waals surface area contributed by atoms with Gasteiger partial charge in [-0.15, -0.1) is 0 Å². The van der Waals surface area contributed by atoms with Crippen molar-refractivity contribution in [1.82, 2.24) is 0 Å². The maximum absolute atomic E-state index is 12.3. The minimum Gasteiger partial charge on any atom is -0.493 e. The van der Waals surface area contributed by atoms with Crippen LogP contribution in [-0.2, 0) is 9.53 Å². The van der Waals surface area contributed by atoms with E-state index in [0.717, 1.165) is 0 Å². The highest BCUT2D eigenvalue weighted by Gasteiger charge is 2.16. The fourth-order valence-corrected chi connectivity index (χ4v) is 2.08. The van der Waals surface area contributed by atoms with Gasteiger partial charge in [-0.25, -0.2) is 0 Å². The van der Waals surface area contributed by atoms with Crippen LogP contribution in [0.2, 0.25) is 0 Å². The normalized spacial score (nSPS) is 11.5. The van der Waals surface area contributed by atoms with E-state index in [0.29, 0.717) is 36.1 Å². The van der Waals surface area contributed by atoms with Crippen molar-refractivity contribution in [2.24, 2.45) is 0 Å². The number of hydrogen-bond donors (Lipinski definition) is 1. The van der Waals surface area contributed by atoms with Gasteiger partial charge in [0.1, 0.15) is 12.4 Å². The summed E-state index contributed by atoms with van der Waals surface area (Å²) in [5.74, 6) is 1.57. The second-order valence-corrected chi connectivity index (χ2v) is 5.27. The van der Waals surface area contributed by atoms with E-state index < -0.39 is 6.10 Å². The quantitative estimate of drug-likeness (QED) is 0.707. The van der Waals surface area contributed by atoms with Gasteiger partial charge in [0.15, 0.2) is 17.6 Å². The summed E-state index contributed by atoms with van der Waals surface area (Å²) in [6, 6.07) is 14.3. The van der Waals surface area contributed by atoms with Gasteiger partial charge in [0.25, 0.3) is 5.91 Å². The molecule has 1 amide bonds. The number of methoxy groups -OCH3 is 2. The topological polar surface area (TPSA) is 66.0 Å². The van der Waals surface area contributed by atoms with Gasteiger partial charge >= 0.3 is 0 Å². The lowest BCUT2D eigenvalue weighted by molar-refractivity contribution is -0.122. The Morgan fingerprint density at radius 3 is 2.32 bits per heavy atom. The van der Waals surface area contributed by atoms with Gasteiger partial charge in [0.05, 0.1) is 13.7 Å². The summed E-state index contributed by atoms with van der Waals surface area (Å²) in [6.07, 6.45) is -0.672. The molecule has 0 aliphatic rings. The van der Waals surface area contributed by atoms with E-state index in [9.17, 15) is 4.79 Å². The molecule has 0 aliphatic carbocycles. The molecule has 0 aliphatic heterocycles. The molecule has 0 saturated heterocycles. The summed E-state index contributed by atoms with van der Waals surface area (Å²) in [6.45, 7) is 2.69. The first kappa shape index (κ1) is 18.6. The van der Waals surface area contributed by atoms with E-state index in [1.54, 1.807) is 57.5 Å². The number of benzene rings is 2. The van der Waals surface area contributed by atoms with E-state index in [1.807, 2.05) is 12.1 Å². The van der Waals surface area contributed by atoms with Crippen LogP contribution in [0.4, 0.5) is 5.69 Å². The van der Waals surface area contributed by atoms with Gasteiger partial charge in [0, 0.05) is 12.8 Å². The maximum Gasteiger partial charge on any atom is 0.265 e. The summed E-state index contributed by atoms with van der Waals surface area (Å²) in [5.41, 5.74) is 0.666. The van der Waals surface area contributed by atoms with Crippen LogP contribution >= 0.6 is 0 Å². The summed E-state index contributed by atoms with van der Waals surface area (Å²) < 4.78 is 21.3. The lowest BCUT2D eigenvalue weighted by atomic mass is 10.2. The number of amides is 1. The van der Waals surface area contributed by atoms with Crippen molar-refractivity contribution >= 4 is 11.6 Å². The second-order valence-electron chi connectivity index (χ2n) is 5.27. The SMILES string of the molecule is COCCOc1ccc(NC(=O)C(C)Oc2ccccc2OC)cc1. The number of hydrogen-bond acceptors (Lipinski definition) is 5. The summed E-state index contributed by atoms with van der Waals surface area (Å²) in [4.78, 5) is 12.3. The molecule has 2 rings (SSSR count). The van der Waals surface area contributed by atoms with Crippen LogP contribution in [0.15, 0.2) is 48.5 Å². The molecule has 0 fully saturated rings. The third kappa shape index (κ3) is 5.69. The predicted molar refractivity (Wildman–Crippen MR) is 95.5 cm³/mol. The van der Waals surface area contributed by atoms with Crippen LogP contribution in [-0.4, -0.2) is 39.4 Å². The summed E-state index contributed by atoms with van der Waals surface area (Å²) >= 11 is 0. The molecule has 1 unspecified atom stereocenters. The Hall–Kier alpha value is -2.73. The monoisotopic (exact) mass is 345 g/mol. The molecular weight excluding hydrogens is 322 g/mol. The third-order valence-electron chi connectivity index (χ3n) is 3.42. The van der Waals surface area contributed by atoms with Crippen LogP contribution in [0.1, 0.15) is 6.92 Å². The Morgan fingerprint density at radius 1 is 1.00 bits per heavy atom. The number of anilines is 1. The second kappa shape index (κ2) is 9.54. The van der Waals surface area contributed by atoms with Crippen molar-refractivity contribution in [1.29, 1.82) is 0 Å². The van der Waals surface area contributed by atoms with Gasteiger partial charge in [-0.3, -0.25) is 4.79 Å². The zero-order chi connectivity index (χ0) is 18.1. The zero-order valence-electron chi connectivity index (χ0n) is 14.7. The van der Waals surface area contributed by atoms with Crippen LogP contribution in [0.25, 0.3) is 0 Å². The van der Waals surface area contributed by atoms with Crippen molar-refractivity contribution in [2.75, 3.05) is 32.8 Å². The van der Waals surface area contributed by atoms with Gasteiger partial charge in [-0.1, -0.05) is 12.1 Å². The van der Waals surface area contributed by atoms with Crippen molar-refractivity contribution in [3.63, 3.8) is 0 Å². The Kier molecular flexibility index (Phi) is 7.10. The molecule has 0 radical (unpaired) electrons. The highest BCUT2D eigenvalue weighted by atomic mass is 16.5.